The van der Waals surface area contributed by atoms with Gasteiger partial charge in [-0.1, -0.05) is 0 Å². The second kappa shape index (κ2) is 5.48. The average Bonchev–Trinajstić information content (AvgIpc) is 2.32. The maximum Gasteiger partial charge on any atom is 0.416 e. The van der Waals surface area contributed by atoms with E-state index >= 15 is 0 Å². The van der Waals surface area contributed by atoms with Gasteiger partial charge in [-0.3, -0.25) is 0 Å². The molecule has 1 aromatic rings. The van der Waals surface area contributed by atoms with Crippen LogP contribution in [0.4, 0.5) is 18.9 Å². The predicted molar refractivity (Wildman–Crippen MR) is 66.6 cm³/mol. The van der Waals surface area contributed by atoms with Gasteiger partial charge in [0.15, 0.2) is 0 Å². The number of hydrogen-bond acceptors (Lipinski definition) is 2. The number of benzene rings is 1. The molecule has 0 amide bonds. The molecule has 0 saturated carbocycles. The van der Waals surface area contributed by atoms with Crippen molar-refractivity contribution in [2.24, 2.45) is 0 Å². The van der Waals surface area contributed by atoms with Crippen LogP contribution in [-0.2, 0) is 10.9 Å². The predicted octanol–water partition coefficient (Wildman–Crippen LogP) is 4.06. The highest BCUT2D eigenvalue weighted by Crippen LogP contribution is 2.34. The van der Waals surface area contributed by atoms with Gasteiger partial charge in [-0.25, -0.2) is 0 Å². The van der Waals surface area contributed by atoms with E-state index in [-0.39, 0.29) is 6.04 Å². The van der Waals surface area contributed by atoms with Crippen LogP contribution in [0.5, 0.6) is 0 Å². The third-order valence-electron chi connectivity index (χ3n) is 2.87. The molecule has 1 aliphatic heterocycles. The molecule has 2 rings (SSSR count). The minimum absolute atomic E-state index is 0.165. The van der Waals surface area contributed by atoms with E-state index in [1.54, 1.807) is 0 Å². The Morgan fingerprint density at radius 1 is 1.22 bits per heavy atom. The molecule has 100 valence electrons. The summed E-state index contributed by atoms with van der Waals surface area (Å²) in [5.41, 5.74) is -0.156. The smallest absolute Gasteiger partial charge is 0.381 e. The van der Waals surface area contributed by atoms with Gasteiger partial charge in [0, 0.05) is 29.4 Å². The van der Waals surface area contributed by atoms with Gasteiger partial charge in [-0.15, -0.1) is 0 Å². The first kappa shape index (κ1) is 13.7. The molecule has 0 bridgehead atoms. The van der Waals surface area contributed by atoms with Crippen LogP contribution in [0.1, 0.15) is 18.4 Å². The number of nitrogens with one attached hydrogen (secondary N) is 1. The summed E-state index contributed by atoms with van der Waals surface area (Å²) in [4.78, 5) is 0. The first-order valence-electron chi connectivity index (χ1n) is 5.68. The Morgan fingerprint density at radius 2 is 1.89 bits per heavy atom. The van der Waals surface area contributed by atoms with Crippen molar-refractivity contribution >= 4 is 21.6 Å². The van der Waals surface area contributed by atoms with E-state index in [1.807, 2.05) is 0 Å². The fourth-order valence-electron chi connectivity index (χ4n) is 1.87. The van der Waals surface area contributed by atoms with Gasteiger partial charge in [0.25, 0.3) is 0 Å². The third-order valence-corrected chi connectivity index (χ3v) is 3.57. The maximum atomic E-state index is 12.6. The highest BCUT2D eigenvalue weighted by Gasteiger charge is 2.31. The van der Waals surface area contributed by atoms with Crippen LogP contribution in [-0.4, -0.2) is 19.3 Å². The minimum atomic E-state index is -4.31. The zero-order valence-corrected chi connectivity index (χ0v) is 11.1. The summed E-state index contributed by atoms with van der Waals surface area (Å²) in [5.74, 6) is 0. The largest absolute Gasteiger partial charge is 0.416 e. The Balaban J connectivity index is 2.15. The van der Waals surface area contributed by atoms with E-state index < -0.39 is 11.7 Å². The molecule has 1 heterocycles. The highest BCUT2D eigenvalue weighted by molar-refractivity contribution is 9.10. The lowest BCUT2D eigenvalue weighted by atomic mass is 10.1. The molecule has 1 N–H and O–H groups in total. The maximum absolute atomic E-state index is 12.6. The van der Waals surface area contributed by atoms with Crippen LogP contribution in [0.2, 0.25) is 0 Å². The van der Waals surface area contributed by atoms with Gasteiger partial charge >= 0.3 is 6.18 Å². The topological polar surface area (TPSA) is 21.3 Å². The van der Waals surface area contributed by atoms with E-state index in [1.165, 1.54) is 6.07 Å². The number of halogens is 4. The molecule has 0 aliphatic carbocycles. The first-order chi connectivity index (χ1) is 8.47. The molecule has 0 unspecified atom stereocenters. The van der Waals surface area contributed by atoms with Crippen LogP contribution in [0.15, 0.2) is 22.7 Å². The summed E-state index contributed by atoms with van der Waals surface area (Å²) in [6.45, 7) is 1.29. The number of rotatable bonds is 2. The van der Waals surface area contributed by atoms with Gasteiger partial charge in [0.1, 0.15) is 0 Å². The van der Waals surface area contributed by atoms with Gasteiger partial charge in [-0.05, 0) is 47.0 Å². The number of hydrogen-bond donors (Lipinski definition) is 1. The van der Waals surface area contributed by atoms with Crippen LogP contribution >= 0.6 is 15.9 Å². The minimum Gasteiger partial charge on any atom is -0.381 e. The van der Waals surface area contributed by atoms with E-state index in [4.69, 9.17) is 4.74 Å². The molecule has 1 aromatic carbocycles. The van der Waals surface area contributed by atoms with Crippen molar-refractivity contribution in [3.05, 3.63) is 28.2 Å². The Morgan fingerprint density at radius 3 is 2.50 bits per heavy atom. The Kier molecular flexibility index (Phi) is 4.17. The Hall–Kier alpha value is -0.750. The zero-order chi connectivity index (χ0) is 13.2. The van der Waals surface area contributed by atoms with Crippen molar-refractivity contribution in [3.8, 4) is 0 Å². The molecule has 0 radical (unpaired) electrons. The number of alkyl halides is 3. The molecular formula is C12H13BrF3NO. The fraction of sp³-hybridized carbons (Fsp3) is 0.500. The third kappa shape index (κ3) is 3.38. The number of anilines is 1. The first-order valence-corrected chi connectivity index (χ1v) is 6.47. The second-order valence-corrected chi connectivity index (χ2v) is 5.08. The van der Waals surface area contributed by atoms with Gasteiger partial charge in [-0.2, -0.15) is 13.2 Å². The molecule has 1 fully saturated rings. The van der Waals surface area contributed by atoms with Crippen molar-refractivity contribution in [2.75, 3.05) is 18.5 Å². The van der Waals surface area contributed by atoms with Crippen LogP contribution in [0.3, 0.4) is 0 Å². The van der Waals surface area contributed by atoms with Gasteiger partial charge in [0.05, 0.1) is 5.56 Å². The molecule has 18 heavy (non-hydrogen) atoms. The summed E-state index contributed by atoms with van der Waals surface area (Å²) in [6, 6.07) is 3.79. The summed E-state index contributed by atoms with van der Waals surface area (Å²) in [6.07, 6.45) is -2.70. The van der Waals surface area contributed by atoms with Crippen LogP contribution in [0, 0.1) is 0 Å². The lowest BCUT2D eigenvalue weighted by Gasteiger charge is -2.25. The van der Waals surface area contributed by atoms with E-state index in [0.29, 0.717) is 23.4 Å². The van der Waals surface area contributed by atoms with E-state index in [9.17, 15) is 13.2 Å². The summed E-state index contributed by atoms with van der Waals surface area (Å²) < 4.78 is 43.7. The van der Waals surface area contributed by atoms with Crippen molar-refractivity contribution in [3.63, 3.8) is 0 Å². The van der Waals surface area contributed by atoms with Gasteiger partial charge in [0.2, 0.25) is 0 Å². The van der Waals surface area contributed by atoms with Crippen LogP contribution < -0.4 is 5.32 Å². The standard InChI is InChI=1S/C12H13BrF3NO/c13-10-2-1-8(12(14,15)16)7-11(10)17-9-3-5-18-6-4-9/h1-2,7,9,17H,3-6H2. The quantitative estimate of drug-likeness (QED) is 0.886. The number of ether oxygens (including phenoxy) is 1. The van der Waals surface area contributed by atoms with Crippen molar-refractivity contribution in [1.82, 2.24) is 0 Å². The molecule has 0 spiro atoms. The monoisotopic (exact) mass is 323 g/mol. The molecule has 2 nitrogen and oxygen atoms in total. The second-order valence-electron chi connectivity index (χ2n) is 4.22. The Bertz CT molecular complexity index is 416. The van der Waals surface area contributed by atoms with E-state index in [0.717, 1.165) is 25.0 Å². The summed E-state index contributed by atoms with van der Waals surface area (Å²) in [7, 11) is 0. The average molecular weight is 324 g/mol. The zero-order valence-electron chi connectivity index (χ0n) is 9.56. The molecule has 6 heteroatoms. The van der Waals surface area contributed by atoms with Crippen molar-refractivity contribution in [1.29, 1.82) is 0 Å². The molecule has 1 aliphatic rings. The lowest BCUT2D eigenvalue weighted by molar-refractivity contribution is -0.137. The van der Waals surface area contributed by atoms with Crippen molar-refractivity contribution in [2.45, 2.75) is 25.1 Å². The fourth-order valence-corrected chi connectivity index (χ4v) is 2.24. The molecular weight excluding hydrogens is 311 g/mol. The van der Waals surface area contributed by atoms with Crippen molar-refractivity contribution < 1.29 is 17.9 Å². The lowest BCUT2D eigenvalue weighted by Crippen LogP contribution is -2.28. The Labute approximate surface area is 112 Å². The summed E-state index contributed by atoms with van der Waals surface area (Å²) >= 11 is 3.26. The van der Waals surface area contributed by atoms with Gasteiger partial charge < -0.3 is 10.1 Å². The molecule has 0 aromatic heterocycles. The normalized spacial score (nSPS) is 17.8. The van der Waals surface area contributed by atoms with Crippen LogP contribution in [0.25, 0.3) is 0 Å². The van der Waals surface area contributed by atoms with E-state index in [2.05, 4.69) is 21.2 Å². The molecule has 0 atom stereocenters. The molecule has 1 saturated heterocycles. The highest BCUT2D eigenvalue weighted by atomic mass is 79.9. The summed E-state index contributed by atoms with van der Waals surface area (Å²) in [5, 5.41) is 3.13. The SMILES string of the molecule is FC(F)(F)c1ccc(Br)c(NC2CCOCC2)c1.